The Morgan fingerprint density at radius 1 is 0.976 bits per heavy atom. The van der Waals surface area contributed by atoms with E-state index in [1.807, 2.05) is 4.90 Å². The number of piperazine rings is 1. The van der Waals surface area contributed by atoms with Gasteiger partial charge in [0.25, 0.3) is 5.91 Å². The Morgan fingerprint density at radius 2 is 1.63 bits per heavy atom. The summed E-state index contributed by atoms with van der Waals surface area (Å²) in [6.45, 7) is 4.41. The molecule has 2 unspecified atom stereocenters. The molecular weight excluding hydrogens is 529 g/mol. The van der Waals surface area contributed by atoms with Crippen molar-refractivity contribution < 1.29 is 33.4 Å². The maximum absolute atomic E-state index is 15.1. The Bertz CT molecular complexity index is 1320. The zero-order valence-electron chi connectivity index (χ0n) is 22.8. The fourth-order valence-corrected chi connectivity index (χ4v) is 4.54. The van der Waals surface area contributed by atoms with Crippen LogP contribution in [-0.2, 0) is 9.59 Å². The molecule has 3 aromatic carbocycles. The number of ether oxygens (including phenoxy) is 2. The molecule has 4 rings (SSSR count). The summed E-state index contributed by atoms with van der Waals surface area (Å²) in [6, 6.07) is 20.4. The highest BCUT2D eigenvalue weighted by Gasteiger charge is 2.50. The number of carbonyl (C=O) groups is 3. The summed E-state index contributed by atoms with van der Waals surface area (Å²) in [5.74, 6) is -6.38. The van der Waals surface area contributed by atoms with Crippen LogP contribution in [0.15, 0.2) is 78.9 Å². The third-order valence-electron chi connectivity index (χ3n) is 6.77. The third kappa shape index (κ3) is 7.61. The van der Waals surface area contributed by atoms with E-state index in [0.717, 1.165) is 38.8 Å². The van der Waals surface area contributed by atoms with Gasteiger partial charge in [-0.25, -0.2) is 4.79 Å². The summed E-state index contributed by atoms with van der Waals surface area (Å²) >= 11 is 0. The number of hydrogen-bond donors (Lipinski definition) is 3. The number of amides is 2. The molecule has 0 bridgehead atoms. The molecule has 1 heterocycles. The number of rotatable bonds is 12. The Labute approximate surface area is 238 Å². The number of unbranched alkanes of at least 4 members (excludes halogenated alkanes) is 2. The van der Waals surface area contributed by atoms with Gasteiger partial charge in [-0.05, 0) is 67.1 Å². The molecule has 0 aliphatic carbocycles. The van der Waals surface area contributed by atoms with E-state index in [0.29, 0.717) is 23.6 Å². The molecule has 0 saturated carbocycles. The standard InChI is InChI=1S/C31H34FN3O6/c1-2-3-5-8-24-21-33-19-20-35(24)28(36)22-11-15-25(16-12-22)40-26-17-13-23(14-18-26)34-29(37)31(32,30(38)39)41-27-9-6-4-7-10-27/h4,6-7,9-18,24,33H,2-3,5,8,19-21H2,1H3,(H,34,37)(H,38,39). The first-order valence-corrected chi connectivity index (χ1v) is 13.7. The summed E-state index contributed by atoms with van der Waals surface area (Å²) in [5, 5.41) is 14.9. The van der Waals surface area contributed by atoms with Gasteiger partial charge < -0.3 is 30.1 Å². The van der Waals surface area contributed by atoms with Crippen LogP contribution in [0.3, 0.4) is 0 Å². The van der Waals surface area contributed by atoms with E-state index in [2.05, 4.69) is 17.6 Å². The number of nitrogens with one attached hydrogen (secondary N) is 2. The van der Waals surface area contributed by atoms with Crippen LogP contribution in [0.2, 0.25) is 0 Å². The second-order valence-corrected chi connectivity index (χ2v) is 9.77. The average molecular weight is 564 g/mol. The Kier molecular flexibility index (Phi) is 9.91. The van der Waals surface area contributed by atoms with Crippen molar-refractivity contribution in [2.75, 3.05) is 25.0 Å². The highest BCUT2D eigenvalue weighted by molar-refractivity contribution is 6.10. The molecule has 1 aliphatic rings. The Hall–Kier alpha value is -4.44. The zero-order valence-corrected chi connectivity index (χ0v) is 22.8. The van der Waals surface area contributed by atoms with Crippen molar-refractivity contribution in [3.63, 3.8) is 0 Å². The van der Waals surface area contributed by atoms with Crippen LogP contribution in [0.25, 0.3) is 0 Å². The van der Waals surface area contributed by atoms with Crippen molar-refractivity contribution in [3.8, 4) is 17.2 Å². The first-order valence-electron chi connectivity index (χ1n) is 13.7. The van der Waals surface area contributed by atoms with Gasteiger partial charge in [0.15, 0.2) is 0 Å². The third-order valence-corrected chi connectivity index (χ3v) is 6.77. The number of hydrogen-bond acceptors (Lipinski definition) is 6. The van der Waals surface area contributed by atoms with Crippen molar-refractivity contribution in [2.45, 2.75) is 44.5 Å². The molecule has 2 amide bonds. The summed E-state index contributed by atoms with van der Waals surface area (Å²) in [4.78, 5) is 39.2. The monoisotopic (exact) mass is 563 g/mol. The highest BCUT2D eigenvalue weighted by Crippen LogP contribution is 2.26. The summed E-state index contributed by atoms with van der Waals surface area (Å²) in [7, 11) is 0. The van der Waals surface area contributed by atoms with Gasteiger partial charge in [0.1, 0.15) is 17.2 Å². The van der Waals surface area contributed by atoms with Gasteiger partial charge in [0, 0.05) is 36.9 Å². The second-order valence-electron chi connectivity index (χ2n) is 9.77. The van der Waals surface area contributed by atoms with Crippen LogP contribution in [0.1, 0.15) is 43.0 Å². The van der Waals surface area contributed by atoms with Gasteiger partial charge in [0.05, 0.1) is 0 Å². The van der Waals surface area contributed by atoms with Gasteiger partial charge in [0.2, 0.25) is 0 Å². The minimum Gasteiger partial charge on any atom is -0.476 e. The lowest BCUT2D eigenvalue weighted by molar-refractivity contribution is -0.178. The van der Waals surface area contributed by atoms with Crippen LogP contribution in [0, 0.1) is 0 Å². The molecule has 9 nitrogen and oxygen atoms in total. The predicted octanol–water partition coefficient (Wildman–Crippen LogP) is 5.24. The van der Waals surface area contributed by atoms with E-state index >= 15 is 4.39 Å². The number of carbonyl (C=O) groups excluding carboxylic acids is 2. The predicted molar refractivity (Wildman–Crippen MR) is 152 cm³/mol. The van der Waals surface area contributed by atoms with Crippen molar-refractivity contribution in [2.24, 2.45) is 0 Å². The van der Waals surface area contributed by atoms with Crippen LogP contribution in [0.4, 0.5) is 10.1 Å². The molecule has 10 heteroatoms. The number of alkyl halides is 1. The molecule has 1 aliphatic heterocycles. The van der Waals surface area contributed by atoms with E-state index in [-0.39, 0.29) is 23.4 Å². The summed E-state index contributed by atoms with van der Waals surface area (Å²) in [5.41, 5.74) is 0.733. The van der Waals surface area contributed by atoms with Crippen LogP contribution >= 0.6 is 0 Å². The first-order chi connectivity index (χ1) is 19.8. The van der Waals surface area contributed by atoms with E-state index in [1.54, 1.807) is 30.3 Å². The summed E-state index contributed by atoms with van der Waals surface area (Å²) in [6.07, 6.45) is 4.36. The fraction of sp³-hybridized carbons (Fsp3) is 0.323. The molecule has 3 N–H and O–H groups in total. The van der Waals surface area contributed by atoms with E-state index in [4.69, 9.17) is 9.47 Å². The molecule has 0 radical (unpaired) electrons. The number of nitrogens with zero attached hydrogens (tertiary/aromatic N) is 1. The highest BCUT2D eigenvalue weighted by atomic mass is 19.2. The normalized spacial score (nSPS) is 16.3. The smallest absolute Gasteiger partial charge is 0.425 e. The van der Waals surface area contributed by atoms with Gasteiger partial charge >= 0.3 is 17.7 Å². The van der Waals surface area contributed by atoms with Gasteiger partial charge in [-0.2, -0.15) is 4.39 Å². The number of para-hydroxylation sites is 1. The lowest BCUT2D eigenvalue weighted by Gasteiger charge is -2.36. The number of aliphatic carboxylic acids is 1. The van der Waals surface area contributed by atoms with Gasteiger partial charge in [-0.15, -0.1) is 0 Å². The topological polar surface area (TPSA) is 117 Å². The van der Waals surface area contributed by atoms with Crippen LogP contribution < -0.4 is 20.1 Å². The van der Waals surface area contributed by atoms with Crippen molar-refractivity contribution >= 4 is 23.5 Å². The molecule has 1 saturated heterocycles. The maximum atomic E-state index is 15.1. The first kappa shape index (κ1) is 29.5. The van der Waals surface area contributed by atoms with Gasteiger partial charge in [-0.3, -0.25) is 9.59 Å². The van der Waals surface area contributed by atoms with Crippen molar-refractivity contribution in [3.05, 3.63) is 84.4 Å². The second kappa shape index (κ2) is 13.8. The fourth-order valence-electron chi connectivity index (χ4n) is 4.54. The summed E-state index contributed by atoms with van der Waals surface area (Å²) < 4.78 is 25.8. The number of anilines is 1. The Balaban J connectivity index is 1.35. The molecule has 0 spiro atoms. The zero-order chi connectivity index (χ0) is 29.2. The number of carboxylic acids is 1. The van der Waals surface area contributed by atoms with Crippen LogP contribution in [-0.4, -0.2) is 59.3 Å². The van der Waals surface area contributed by atoms with E-state index < -0.39 is 17.7 Å². The molecule has 0 aromatic heterocycles. The maximum Gasteiger partial charge on any atom is 0.425 e. The largest absolute Gasteiger partial charge is 0.476 e. The minimum absolute atomic E-state index is 0.00110. The van der Waals surface area contributed by atoms with Crippen molar-refractivity contribution in [1.82, 2.24) is 10.2 Å². The molecule has 1 fully saturated rings. The van der Waals surface area contributed by atoms with Gasteiger partial charge in [-0.1, -0.05) is 44.4 Å². The molecule has 216 valence electrons. The average Bonchev–Trinajstić information content (AvgIpc) is 2.99. The minimum atomic E-state index is -3.63. The number of halogens is 1. The molecule has 2 atom stereocenters. The Morgan fingerprint density at radius 3 is 2.27 bits per heavy atom. The van der Waals surface area contributed by atoms with Crippen LogP contribution in [0.5, 0.6) is 17.2 Å². The lowest BCUT2D eigenvalue weighted by atomic mass is 10.0. The molecular formula is C31H34FN3O6. The molecule has 41 heavy (non-hydrogen) atoms. The SMILES string of the molecule is CCCCCC1CNCCN1C(=O)c1ccc(Oc2ccc(NC(=O)C(F)(Oc3ccccc3)C(=O)O)cc2)cc1. The van der Waals surface area contributed by atoms with Crippen molar-refractivity contribution in [1.29, 1.82) is 0 Å². The number of carboxylic acid groups (broad SMARTS) is 1. The quantitative estimate of drug-likeness (QED) is 0.204. The van der Waals surface area contributed by atoms with E-state index in [1.165, 1.54) is 48.5 Å². The molecule has 3 aromatic rings. The lowest BCUT2D eigenvalue weighted by Crippen LogP contribution is -2.53. The number of benzene rings is 3. The van der Waals surface area contributed by atoms with E-state index in [9.17, 15) is 19.5 Å².